The summed E-state index contributed by atoms with van der Waals surface area (Å²) in [5, 5.41) is 10.7. The molecule has 1 unspecified atom stereocenters. The lowest BCUT2D eigenvalue weighted by atomic mass is 10.0. The lowest BCUT2D eigenvalue weighted by Gasteiger charge is -2.45. The van der Waals surface area contributed by atoms with Crippen LogP contribution in [0.15, 0.2) is 18.2 Å². The van der Waals surface area contributed by atoms with Crippen molar-refractivity contribution >= 4 is 11.8 Å². The molecular formula is C16H22N2O5. The van der Waals surface area contributed by atoms with Gasteiger partial charge in [0.05, 0.1) is 17.5 Å². The van der Waals surface area contributed by atoms with E-state index in [2.05, 4.69) is 0 Å². The normalized spacial score (nSPS) is 20.7. The molecule has 126 valence electrons. The molecule has 2 atom stereocenters. The molecule has 0 bridgehead atoms. The average molecular weight is 322 g/mol. The predicted molar refractivity (Wildman–Crippen MR) is 84.7 cm³/mol. The van der Waals surface area contributed by atoms with Gasteiger partial charge < -0.3 is 9.47 Å². The molecule has 23 heavy (non-hydrogen) atoms. The Labute approximate surface area is 135 Å². The lowest BCUT2D eigenvalue weighted by molar-refractivity contribution is -0.384. The third-order valence-corrected chi connectivity index (χ3v) is 3.68. The highest BCUT2D eigenvalue weighted by Gasteiger charge is 2.42. The molecule has 0 saturated carbocycles. The van der Waals surface area contributed by atoms with Crippen molar-refractivity contribution in [2.75, 3.05) is 6.54 Å². The van der Waals surface area contributed by atoms with Gasteiger partial charge in [-0.2, -0.15) is 0 Å². The van der Waals surface area contributed by atoms with Gasteiger partial charge in [0, 0.05) is 12.1 Å². The number of carbonyl (C=O) groups excluding carboxylic acids is 1. The van der Waals surface area contributed by atoms with Crippen molar-refractivity contribution in [3.63, 3.8) is 0 Å². The van der Waals surface area contributed by atoms with E-state index in [1.54, 1.807) is 17.9 Å². The second kappa shape index (κ2) is 6.06. The van der Waals surface area contributed by atoms with Crippen molar-refractivity contribution in [1.29, 1.82) is 0 Å². The standard InChI is InChI=1S/C16H22N2O5/c1-10-8-12(18(20)21)6-7-13(10)22-14-9-17(11(14)2)15(19)23-16(3,4)5/h6-8,11,14H,9H2,1-5H3/t11-,14?/m0/s1. The van der Waals surface area contributed by atoms with E-state index in [9.17, 15) is 14.9 Å². The summed E-state index contributed by atoms with van der Waals surface area (Å²) in [6.07, 6.45) is -0.507. The minimum Gasteiger partial charge on any atom is -0.486 e. The molecule has 0 aliphatic carbocycles. The molecule has 1 fully saturated rings. The van der Waals surface area contributed by atoms with Gasteiger partial charge in [-0.3, -0.25) is 15.0 Å². The molecule has 0 N–H and O–H groups in total. The van der Waals surface area contributed by atoms with E-state index in [-0.39, 0.29) is 23.9 Å². The molecule has 2 rings (SSSR count). The van der Waals surface area contributed by atoms with Crippen LogP contribution in [0.2, 0.25) is 0 Å². The topological polar surface area (TPSA) is 81.9 Å². The molecule has 1 saturated heterocycles. The number of non-ortho nitro benzene ring substituents is 1. The van der Waals surface area contributed by atoms with Gasteiger partial charge in [-0.15, -0.1) is 0 Å². The molecule has 7 heteroatoms. The maximum Gasteiger partial charge on any atom is 0.410 e. The number of ether oxygens (including phenoxy) is 2. The van der Waals surface area contributed by atoms with Crippen molar-refractivity contribution in [1.82, 2.24) is 4.90 Å². The number of benzene rings is 1. The largest absolute Gasteiger partial charge is 0.486 e. The quantitative estimate of drug-likeness (QED) is 0.630. The molecule has 1 aromatic rings. The first-order chi connectivity index (χ1) is 10.6. The number of nitrogens with zero attached hydrogens (tertiary/aromatic N) is 2. The van der Waals surface area contributed by atoms with Crippen molar-refractivity contribution in [3.8, 4) is 5.75 Å². The van der Waals surface area contributed by atoms with E-state index in [0.29, 0.717) is 17.9 Å². The Morgan fingerprint density at radius 2 is 2.04 bits per heavy atom. The number of rotatable bonds is 3. The molecule has 0 spiro atoms. The smallest absolute Gasteiger partial charge is 0.410 e. The minimum atomic E-state index is -0.530. The van der Waals surface area contributed by atoms with Crippen LogP contribution in [-0.2, 0) is 4.74 Å². The highest BCUT2D eigenvalue weighted by atomic mass is 16.6. The Bertz CT molecular complexity index is 623. The number of nitro benzene ring substituents is 1. The van der Waals surface area contributed by atoms with Crippen LogP contribution in [0.25, 0.3) is 0 Å². The van der Waals surface area contributed by atoms with Gasteiger partial charge in [-0.25, -0.2) is 4.79 Å². The SMILES string of the molecule is Cc1cc([N+](=O)[O-])ccc1OC1CN(C(=O)OC(C)(C)C)[C@H]1C. The fraction of sp³-hybridized carbons (Fsp3) is 0.562. The summed E-state index contributed by atoms with van der Waals surface area (Å²) in [5.41, 5.74) is 0.201. The first-order valence-electron chi connectivity index (χ1n) is 7.50. The van der Waals surface area contributed by atoms with Gasteiger partial charge in [0.1, 0.15) is 17.5 Å². The Kier molecular flexibility index (Phi) is 4.49. The fourth-order valence-electron chi connectivity index (χ4n) is 2.31. The van der Waals surface area contributed by atoms with Crippen molar-refractivity contribution in [3.05, 3.63) is 33.9 Å². The number of carbonyl (C=O) groups is 1. The second-order valence-corrected chi connectivity index (χ2v) is 6.74. The number of aryl methyl sites for hydroxylation is 1. The molecule has 0 aromatic heterocycles. The van der Waals surface area contributed by atoms with Gasteiger partial charge in [-0.1, -0.05) is 0 Å². The van der Waals surface area contributed by atoms with Crippen molar-refractivity contribution in [2.45, 2.75) is 52.4 Å². The van der Waals surface area contributed by atoms with Crippen LogP contribution in [0, 0.1) is 17.0 Å². The summed E-state index contributed by atoms with van der Waals surface area (Å²) in [7, 11) is 0. The van der Waals surface area contributed by atoms with Crippen LogP contribution in [-0.4, -0.2) is 40.2 Å². The Morgan fingerprint density at radius 3 is 2.52 bits per heavy atom. The first-order valence-corrected chi connectivity index (χ1v) is 7.50. The molecule has 1 aliphatic heterocycles. The average Bonchev–Trinajstić information content (AvgIpc) is 2.41. The molecule has 7 nitrogen and oxygen atoms in total. The van der Waals surface area contributed by atoms with Gasteiger partial charge in [0.25, 0.3) is 5.69 Å². The number of hydrogen-bond donors (Lipinski definition) is 0. The second-order valence-electron chi connectivity index (χ2n) is 6.74. The number of amides is 1. The summed E-state index contributed by atoms with van der Waals surface area (Å²) in [6, 6.07) is 4.37. The summed E-state index contributed by atoms with van der Waals surface area (Å²) in [6.45, 7) is 9.55. The molecule has 1 heterocycles. The van der Waals surface area contributed by atoms with Crippen molar-refractivity contribution in [2.24, 2.45) is 0 Å². The summed E-state index contributed by atoms with van der Waals surface area (Å²) < 4.78 is 11.2. The van der Waals surface area contributed by atoms with Gasteiger partial charge >= 0.3 is 6.09 Å². The van der Waals surface area contributed by atoms with Crippen molar-refractivity contribution < 1.29 is 19.2 Å². The highest BCUT2D eigenvalue weighted by Crippen LogP contribution is 2.29. The third-order valence-electron chi connectivity index (χ3n) is 3.68. The van der Waals surface area contributed by atoms with Crippen LogP contribution in [0.5, 0.6) is 5.75 Å². The molecule has 1 amide bonds. The Morgan fingerprint density at radius 1 is 1.39 bits per heavy atom. The van der Waals surface area contributed by atoms with Crippen LogP contribution < -0.4 is 4.74 Å². The van der Waals surface area contributed by atoms with Crippen LogP contribution >= 0.6 is 0 Å². The molecular weight excluding hydrogens is 300 g/mol. The molecule has 1 aromatic carbocycles. The van der Waals surface area contributed by atoms with Gasteiger partial charge in [0.2, 0.25) is 0 Å². The molecule has 1 aliphatic rings. The lowest BCUT2D eigenvalue weighted by Crippen LogP contribution is -2.63. The minimum absolute atomic E-state index is 0.0342. The maximum absolute atomic E-state index is 12.0. The van der Waals surface area contributed by atoms with E-state index < -0.39 is 10.5 Å². The molecule has 0 radical (unpaired) electrons. The Balaban J connectivity index is 1.97. The summed E-state index contributed by atoms with van der Waals surface area (Å²) in [4.78, 5) is 23.9. The Hall–Kier alpha value is -2.31. The fourth-order valence-corrected chi connectivity index (χ4v) is 2.31. The first kappa shape index (κ1) is 17.1. The number of hydrogen-bond acceptors (Lipinski definition) is 5. The van der Waals surface area contributed by atoms with E-state index >= 15 is 0 Å². The van der Waals surface area contributed by atoms with Crippen LogP contribution in [0.1, 0.15) is 33.3 Å². The zero-order valence-electron chi connectivity index (χ0n) is 14.0. The summed E-state index contributed by atoms with van der Waals surface area (Å²) in [5.74, 6) is 0.594. The van der Waals surface area contributed by atoms with E-state index in [1.165, 1.54) is 12.1 Å². The van der Waals surface area contributed by atoms with Gasteiger partial charge in [0.15, 0.2) is 0 Å². The highest BCUT2D eigenvalue weighted by molar-refractivity contribution is 5.70. The van der Waals surface area contributed by atoms with E-state index in [4.69, 9.17) is 9.47 Å². The third kappa shape index (κ3) is 3.91. The summed E-state index contributed by atoms with van der Waals surface area (Å²) >= 11 is 0. The van der Waals surface area contributed by atoms with Crippen LogP contribution in [0.3, 0.4) is 0 Å². The zero-order valence-corrected chi connectivity index (χ0v) is 14.0. The zero-order chi connectivity index (χ0) is 17.4. The number of nitro groups is 1. The monoisotopic (exact) mass is 322 g/mol. The predicted octanol–water partition coefficient (Wildman–Crippen LogP) is 3.29. The number of likely N-dealkylation sites (tertiary alicyclic amines) is 1. The maximum atomic E-state index is 12.0. The van der Waals surface area contributed by atoms with Gasteiger partial charge in [-0.05, 0) is 46.2 Å². The van der Waals surface area contributed by atoms with Crippen LogP contribution in [0.4, 0.5) is 10.5 Å². The van der Waals surface area contributed by atoms with E-state index in [1.807, 2.05) is 27.7 Å². The van der Waals surface area contributed by atoms with E-state index in [0.717, 1.165) is 0 Å².